The third kappa shape index (κ3) is 4.53. The number of rotatable bonds is 1. The largest absolute Gasteiger partial charge is 0.456 e. The molecule has 4 heterocycles. The van der Waals surface area contributed by atoms with Crippen molar-refractivity contribution in [2.24, 2.45) is 0 Å². The summed E-state index contributed by atoms with van der Waals surface area (Å²) < 4.78 is 9.12. The van der Waals surface area contributed by atoms with Crippen LogP contribution in [0.15, 0.2) is 108 Å². The van der Waals surface area contributed by atoms with E-state index in [1.165, 1.54) is 101 Å². The van der Waals surface area contributed by atoms with E-state index in [4.69, 9.17) is 4.42 Å². The van der Waals surface area contributed by atoms with Crippen molar-refractivity contribution >= 4 is 72.9 Å². The summed E-state index contributed by atoms with van der Waals surface area (Å²) in [5.41, 5.74) is 19.6. The molecule has 0 unspecified atom stereocenters. The number of nitrogens with zero attached hydrogens (tertiary/aromatic N) is 2. The van der Waals surface area contributed by atoms with E-state index in [0.29, 0.717) is 0 Å². The molecule has 6 aromatic carbocycles. The average Bonchev–Trinajstić information content (AvgIpc) is 3.69. The first-order chi connectivity index (χ1) is 26.5. The maximum atomic E-state index is 6.52. The van der Waals surface area contributed by atoms with Gasteiger partial charge in [-0.25, -0.2) is 0 Å². The van der Waals surface area contributed by atoms with Crippen molar-refractivity contribution in [1.82, 2.24) is 4.57 Å². The summed E-state index contributed by atoms with van der Waals surface area (Å²) in [4.78, 5) is 2.72. The molecule has 0 radical (unpaired) electrons. The number of hydrogen-bond donors (Lipinski definition) is 0. The molecule has 56 heavy (non-hydrogen) atoms. The molecule has 0 bridgehead atoms. The van der Waals surface area contributed by atoms with Gasteiger partial charge in [-0.05, 0) is 122 Å². The molecule has 278 valence electrons. The molecule has 11 rings (SSSR count). The molecule has 0 N–H and O–H groups in total. The number of furan rings is 1. The van der Waals surface area contributed by atoms with Crippen LogP contribution in [-0.2, 0) is 21.7 Å². The zero-order valence-electron chi connectivity index (χ0n) is 34.6. The first kappa shape index (κ1) is 34.1. The molecule has 3 nitrogen and oxygen atoms in total. The van der Waals surface area contributed by atoms with Gasteiger partial charge < -0.3 is 13.8 Å². The molecule has 1 aliphatic carbocycles. The predicted molar refractivity (Wildman–Crippen MR) is 240 cm³/mol. The Morgan fingerprint density at radius 2 is 1.25 bits per heavy atom. The van der Waals surface area contributed by atoms with Crippen LogP contribution < -0.4 is 15.7 Å². The average molecular weight is 731 g/mol. The van der Waals surface area contributed by atoms with E-state index in [1.807, 2.05) is 0 Å². The number of hydrogen-bond acceptors (Lipinski definition) is 2. The zero-order valence-corrected chi connectivity index (χ0v) is 34.6. The molecular weight excluding hydrogens is 679 g/mol. The van der Waals surface area contributed by atoms with Crippen molar-refractivity contribution in [2.75, 3.05) is 4.81 Å². The SMILES string of the molecule is CC(C)(C)c1ccc(N2B3c4cc(C(C)(C)C)ccc4-n4c5cc6c(cc5c5ccc(c3c54)-c3cc4c(cc32)C(C)(C)CCC4(C)C)oc2ccccc26)cc1. The Balaban J connectivity index is 1.31. The first-order valence-electron chi connectivity index (χ1n) is 20.7. The van der Waals surface area contributed by atoms with Crippen molar-refractivity contribution in [3.05, 3.63) is 125 Å². The van der Waals surface area contributed by atoms with E-state index in [1.54, 1.807) is 0 Å². The van der Waals surface area contributed by atoms with Crippen molar-refractivity contribution in [1.29, 1.82) is 0 Å². The lowest BCUT2D eigenvalue weighted by molar-refractivity contribution is 0.332. The monoisotopic (exact) mass is 730 g/mol. The molecule has 0 atom stereocenters. The normalized spacial score (nSPS) is 16.8. The molecule has 0 saturated heterocycles. The summed E-state index contributed by atoms with van der Waals surface area (Å²) in [5, 5.41) is 4.84. The second-order valence-electron chi connectivity index (χ2n) is 20.5. The number of benzene rings is 6. The second-order valence-corrected chi connectivity index (χ2v) is 20.5. The Bertz CT molecular complexity index is 2990. The minimum atomic E-state index is -0.0163. The standard InChI is InChI=1S/C52H51BN2O/c1-49(2,3)30-15-18-32(19-16-30)55-44-29-40-39(51(7,8)23-24-52(40,9)10)26-36(44)34-20-21-35-37-28-46-38(33-13-11-12-14-45(33)56-46)27-43(37)54-42-22-17-31(50(4,5)6)25-41(42)53(55)47(34)48(35)54/h11-22,25-29H,23-24H2,1-10H3. The smallest absolute Gasteiger partial charge is 0.333 e. The van der Waals surface area contributed by atoms with Gasteiger partial charge in [0.15, 0.2) is 0 Å². The maximum Gasteiger partial charge on any atom is 0.333 e. The van der Waals surface area contributed by atoms with Crippen LogP contribution in [0.25, 0.3) is 60.6 Å². The first-order valence-corrected chi connectivity index (χ1v) is 20.7. The van der Waals surface area contributed by atoms with Crippen LogP contribution in [-0.4, -0.2) is 11.4 Å². The number of anilines is 2. The lowest BCUT2D eigenvalue weighted by Crippen LogP contribution is -2.61. The van der Waals surface area contributed by atoms with Crippen molar-refractivity contribution in [2.45, 2.75) is 104 Å². The fourth-order valence-electron chi connectivity index (χ4n) is 10.5. The van der Waals surface area contributed by atoms with Crippen LogP contribution in [0.1, 0.15) is 104 Å². The van der Waals surface area contributed by atoms with E-state index in [-0.39, 0.29) is 28.5 Å². The Hall–Kier alpha value is -5.22. The summed E-state index contributed by atoms with van der Waals surface area (Å²) in [5.74, 6) is 0. The highest BCUT2D eigenvalue weighted by atomic mass is 16.3. The van der Waals surface area contributed by atoms with Crippen LogP contribution in [0.4, 0.5) is 11.4 Å². The summed E-state index contributed by atoms with van der Waals surface area (Å²) in [6, 6.07) is 40.0. The van der Waals surface area contributed by atoms with Crippen LogP contribution in [0, 0.1) is 0 Å². The lowest BCUT2D eigenvalue weighted by Gasteiger charge is -2.46. The van der Waals surface area contributed by atoms with Gasteiger partial charge in [0.25, 0.3) is 0 Å². The summed E-state index contributed by atoms with van der Waals surface area (Å²) >= 11 is 0. The van der Waals surface area contributed by atoms with Crippen molar-refractivity contribution < 1.29 is 4.42 Å². The third-order valence-electron chi connectivity index (χ3n) is 14.0. The summed E-state index contributed by atoms with van der Waals surface area (Å²) in [6.45, 7) is 23.8. The summed E-state index contributed by atoms with van der Waals surface area (Å²) in [6.07, 6.45) is 2.37. The van der Waals surface area contributed by atoms with E-state index in [9.17, 15) is 0 Å². The highest BCUT2D eigenvalue weighted by Crippen LogP contribution is 2.53. The number of fused-ring (bicyclic) bond motifs is 12. The Kier molecular flexibility index (Phi) is 6.56. The van der Waals surface area contributed by atoms with Gasteiger partial charge >= 0.3 is 6.85 Å². The third-order valence-corrected chi connectivity index (χ3v) is 14.0. The molecule has 3 aliphatic rings. The zero-order chi connectivity index (χ0) is 38.8. The predicted octanol–water partition coefficient (Wildman–Crippen LogP) is 12.9. The van der Waals surface area contributed by atoms with Crippen LogP contribution in [0.2, 0.25) is 0 Å². The van der Waals surface area contributed by atoms with E-state index in [0.717, 1.165) is 16.6 Å². The molecule has 0 fully saturated rings. The van der Waals surface area contributed by atoms with Crippen LogP contribution >= 0.6 is 0 Å². The van der Waals surface area contributed by atoms with Gasteiger partial charge in [-0.2, -0.15) is 0 Å². The minimum Gasteiger partial charge on any atom is -0.456 e. The quantitative estimate of drug-likeness (QED) is 0.157. The number of para-hydroxylation sites is 1. The molecular formula is C52H51BN2O. The van der Waals surface area contributed by atoms with Crippen molar-refractivity contribution in [3.8, 4) is 16.8 Å². The fourth-order valence-corrected chi connectivity index (χ4v) is 10.5. The van der Waals surface area contributed by atoms with E-state index < -0.39 is 0 Å². The van der Waals surface area contributed by atoms with Gasteiger partial charge in [-0.3, -0.25) is 0 Å². The topological polar surface area (TPSA) is 21.3 Å². The van der Waals surface area contributed by atoms with Crippen molar-refractivity contribution in [3.63, 3.8) is 0 Å². The Morgan fingerprint density at radius 1 is 0.571 bits per heavy atom. The highest BCUT2D eigenvalue weighted by Gasteiger charge is 2.46. The molecule has 0 spiro atoms. The second kappa shape index (κ2) is 10.8. The minimum absolute atomic E-state index is 0.00872. The Labute approximate surface area is 331 Å². The van der Waals surface area contributed by atoms with Crippen LogP contribution in [0.5, 0.6) is 0 Å². The Morgan fingerprint density at radius 3 is 1.96 bits per heavy atom. The van der Waals surface area contributed by atoms with Gasteiger partial charge in [0.2, 0.25) is 0 Å². The van der Waals surface area contributed by atoms with Gasteiger partial charge in [0, 0.05) is 44.2 Å². The summed E-state index contributed by atoms with van der Waals surface area (Å²) in [7, 11) is 0. The van der Waals surface area contributed by atoms with Gasteiger partial charge in [0.1, 0.15) is 11.2 Å². The van der Waals surface area contributed by atoms with Gasteiger partial charge in [-0.15, -0.1) is 0 Å². The highest BCUT2D eigenvalue weighted by molar-refractivity contribution is 6.93. The molecule has 0 amide bonds. The van der Waals surface area contributed by atoms with E-state index >= 15 is 0 Å². The molecule has 4 heteroatoms. The maximum absolute atomic E-state index is 6.52. The lowest BCUT2D eigenvalue weighted by atomic mass is 9.43. The molecule has 2 aliphatic heterocycles. The molecule has 2 aromatic heterocycles. The van der Waals surface area contributed by atoms with Crippen LogP contribution in [0.3, 0.4) is 0 Å². The molecule has 0 saturated carbocycles. The van der Waals surface area contributed by atoms with Gasteiger partial charge in [0.05, 0.1) is 11.0 Å². The molecule has 8 aromatic rings. The number of aromatic nitrogens is 1. The fraction of sp³-hybridized carbons (Fsp3) is 0.308. The van der Waals surface area contributed by atoms with E-state index in [2.05, 4.69) is 182 Å². The van der Waals surface area contributed by atoms with Gasteiger partial charge in [-0.1, -0.05) is 124 Å².